The largest absolute Gasteiger partial charge is 0.298 e. The van der Waals surface area contributed by atoms with Crippen LogP contribution in [0.1, 0.15) is 27.6 Å². The number of nitrogens with zero attached hydrogens (tertiary/aromatic N) is 1. The summed E-state index contributed by atoms with van der Waals surface area (Å²) in [5.74, 6) is -0.430. The van der Waals surface area contributed by atoms with Gasteiger partial charge in [0.15, 0.2) is 12.1 Å². The van der Waals surface area contributed by atoms with Crippen LogP contribution in [0.25, 0.3) is 0 Å². The number of benzene rings is 1. The Morgan fingerprint density at radius 1 is 1.50 bits per heavy atom. The Kier molecular flexibility index (Phi) is 2.71. The molecule has 0 heterocycles. The predicted octanol–water partition coefficient (Wildman–Crippen LogP) is 1.61. The zero-order chi connectivity index (χ0) is 10.7. The molecular weight excluding hydrogens is 186 g/mol. The number of para-hydroxylation sites is 1. The van der Waals surface area contributed by atoms with Gasteiger partial charge in [-0.15, -0.1) is 0 Å². The summed E-state index contributed by atoms with van der Waals surface area (Å²) in [6.45, 7) is 1.22. The first-order chi connectivity index (χ1) is 6.57. The standard InChI is InChI=1S/C9H7NO4/c1-6(12)8-4-2-3-7(5-11)9(8)10(13)14/h2-5H,1H3. The van der Waals surface area contributed by atoms with Gasteiger partial charge in [-0.2, -0.15) is 0 Å². The van der Waals surface area contributed by atoms with E-state index in [0.29, 0.717) is 6.29 Å². The van der Waals surface area contributed by atoms with Crippen LogP contribution in [0.2, 0.25) is 0 Å². The Bertz CT molecular complexity index is 411. The Labute approximate surface area is 79.5 Å². The van der Waals surface area contributed by atoms with Gasteiger partial charge in [-0.05, 0) is 19.1 Å². The van der Waals surface area contributed by atoms with Crippen molar-refractivity contribution in [3.8, 4) is 0 Å². The third-order valence-corrected chi connectivity index (χ3v) is 1.76. The van der Waals surface area contributed by atoms with Gasteiger partial charge in [-0.1, -0.05) is 6.07 Å². The normalized spacial score (nSPS) is 9.50. The SMILES string of the molecule is CC(=O)c1cccc(C=O)c1[N+](=O)[O-]. The molecule has 0 atom stereocenters. The molecule has 14 heavy (non-hydrogen) atoms. The van der Waals surface area contributed by atoms with Crippen LogP contribution in [0.3, 0.4) is 0 Å². The lowest BCUT2D eigenvalue weighted by Crippen LogP contribution is -2.03. The lowest BCUT2D eigenvalue weighted by atomic mass is 10.1. The van der Waals surface area contributed by atoms with Gasteiger partial charge in [0.2, 0.25) is 0 Å². The number of hydrogen-bond donors (Lipinski definition) is 0. The highest BCUT2D eigenvalue weighted by Gasteiger charge is 2.21. The number of nitro benzene ring substituents is 1. The van der Waals surface area contributed by atoms with E-state index in [9.17, 15) is 19.7 Å². The molecule has 0 aliphatic heterocycles. The molecule has 0 radical (unpaired) electrons. The molecule has 0 amide bonds. The number of nitro groups is 1. The molecule has 0 aliphatic rings. The van der Waals surface area contributed by atoms with Crippen LogP contribution in [0.5, 0.6) is 0 Å². The fourth-order valence-electron chi connectivity index (χ4n) is 1.14. The molecule has 5 nitrogen and oxygen atoms in total. The quantitative estimate of drug-likeness (QED) is 0.316. The summed E-state index contributed by atoms with van der Waals surface area (Å²) in [5.41, 5.74) is -0.544. The fraction of sp³-hybridized carbons (Fsp3) is 0.111. The monoisotopic (exact) mass is 193 g/mol. The lowest BCUT2D eigenvalue weighted by Gasteiger charge is -1.99. The summed E-state index contributed by atoms with van der Waals surface area (Å²) in [6.07, 6.45) is 0.366. The van der Waals surface area contributed by atoms with Crippen molar-refractivity contribution in [1.82, 2.24) is 0 Å². The molecule has 0 saturated heterocycles. The van der Waals surface area contributed by atoms with E-state index >= 15 is 0 Å². The Balaban J connectivity index is 3.51. The molecule has 1 aromatic carbocycles. The van der Waals surface area contributed by atoms with E-state index in [1.54, 1.807) is 0 Å². The summed E-state index contributed by atoms with van der Waals surface area (Å²) < 4.78 is 0. The van der Waals surface area contributed by atoms with Gasteiger partial charge in [0, 0.05) is 0 Å². The van der Waals surface area contributed by atoms with Crippen molar-refractivity contribution in [3.63, 3.8) is 0 Å². The van der Waals surface area contributed by atoms with Crippen molar-refractivity contribution >= 4 is 17.8 Å². The lowest BCUT2D eigenvalue weighted by molar-refractivity contribution is -0.385. The van der Waals surface area contributed by atoms with Crippen LogP contribution >= 0.6 is 0 Å². The van der Waals surface area contributed by atoms with E-state index < -0.39 is 16.4 Å². The zero-order valence-electron chi connectivity index (χ0n) is 7.39. The molecule has 0 aromatic heterocycles. The van der Waals surface area contributed by atoms with E-state index in [4.69, 9.17) is 0 Å². The van der Waals surface area contributed by atoms with Crippen LogP contribution < -0.4 is 0 Å². The van der Waals surface area contributed by atoms with Crippen LogP contribution in [0, 0.1) is 10.1 Å². The smallest absolute Gasteiger partial charge is 0.290 e. The third kappa shape index (κ3) is 1.66. The molecule has 72 valence electrons. The number of carbonyl (C=O) groups excluding carboxylic acids is 2. The van der Waals surface area contributed by atoms with Crippen LogP contribution in [-0.2, 0) is 0 Å². The summed E-state index contributed by atoms with van der Waals surface area (Å²) in [7, 11) is 0. The van der Waals surface area contributed by atoms with Crippen molar-refractivity contribution in [3.05, 3.63) is 39.4 Å². The number of rotatable bonds is 3. The van der Waals surface area contributed by atoms with Crippen molar-refractivity contribution in [2.45, 2.75) is 6.92 Å². The number of ketones is 1. The van der Waals surface area contributed by atoms with Gasteiger partial charge >= 0.3 is 0 Å². The Morgan fingerprint density at radius 2 is 2.14 bits per heavy atom. The second-order valence-electron chi connectivity index (χ2n) is 2.67. The van der Waals surface area contributed by atoms with E-state index in [1.807, 2.05) is 0 Å². The molecule has 0 spiro atoms. The first kappa shape index (κ1) is 10.0. The van der Waals surface area contributed by atoms with Gasteiger partial charge in [0.25, 0.3) is 5.69 Å². The Morgan fingerprint density at radius 3 is 2.57 bits per heavy atom. The van der Waals surface area contributed by atoms with Crippen LogP contribution in [0.15, 0.2) is 18.2 Å². The fourth-order valence-corrected chi connectivity index (χ4v) is 1.14. The van der Waals surface area contributed by atoms with Crippen molar-refractivity contribution in [2.24, 2.45) is 0 Å². The average molecular weight is 193 g/mol. The molecule has 0 aliphatic carbocycles. The minimum absolute atomic E-state index is 0.0420. The summed E-state index contributed by atoms with van der Waals surface area (Å²) in [5, 5.41) is 10.6. The van der Waals surface area contributed by atoms with Crippen LogP contribution in [-0.4, -0.2) is 17.0 Å². The molecule has 0 unspecified atom stereocenters. The van der Waals surface area contributed by atoms with E-state index in [0.717, 1.165) is 0 Å². The first-order valence-electron chi connectivity index (χ1n) is 3.81. The molecule has 0 bridgehead atoms. The van der Waals surface area contributed by atoms with Gasteiger partial charge in [0.05, 0.1) is 16.1 Å². The highest BCUT2D eigenvalue weighted by atomic mass is 16.6. The third-order valence-electron chi connectivity index (χ3n) is 1.76. The van der Waals surface area contributed by atoms with Gasteiger partial charge in [-0.25, -0.2) is 0 Å². The van der Waals surface area contributed by atoms with Gasteiger partial charge < -0.3 is 0 Å². The molecule has 0 N–H and O–H groups in total. The topological polar surface area (TPSA) is 77.3 Å². The van der Waals surface area contributed by atoms with E-state index in [2.05, 4.69) is 0 Å². The molecule has 0 saturated carbocycles. The summed E-state index contributed by atoms with van der Waals surface area (Å²) in [4.78, 5) is 31.4. The van der Waals surface area contributed by atoms with Crippen molar-refractivity contribution in [2.75, 3.05) is 0 Å². The first-order valence-corrected chi connectivity index (χ1v) is 3.81. The minimum atomic E-state index is -0.722. The molecule has 1 rings (SSSR count). The maximum absolute atomic E-state index is 11.0. The highest BCUT2D eigenvalue weighted by molar-refractivity contribution is 6.01. The molecule has 0 fully saturated rings. The van der Waals surface area contributed by atoms with Gasteiger partial charge in [0.1, 0.15) is 0 Å². The van der Waals surface area contributed by atoms with Crippen molar-refractivity contribution in [1.29, 1.82) is 0 Å². The van der Waals surface area contributed by atoms with Gasteiger partial charge in [-0.3, -0.25) is 19.7 Å². The number of hydrogen-bond acceptors (Lipinski definition) is 4. The van der Waals surface area contributed by atoms with Crippen LogP contribution in [0.4, 0.5) is 5.69 Å². The summed E-state index contributed by atoms with van der Waals surface area (Å²) in [6, 6.07) is 4.07. The molecule has 1 aromatic rings. The van der Waals surface area contributed by atoms with E-state index in [-0.39, 0.29) is 11.1 Å². The maximum atomic E-state index is 11.0. The molecular formula is C9H7NO4. The molecule has 5 heteroatoms. The second kappa shape index (κ2) is 3.78. The number of carbonyl (C=O) groups is 2. The highest BCUT2D eigenvalue weighted by Crippen LogP contribution is 2.22. The van der Waals surface area contributed by atoms with E-state index in [1.165, 1.54) is 25.1 Å². The predicted molar refractivity (Wildman–Crippen MR) is 48.5 cm³/mol. The zero-order valence-corrected chi connectivity index (χ0v) is 7.39. The minimum Gasteiger partial charge on any atom is -0.298 e. The number of Topliss-reactive ketones (excluding diaryl/α,β-unsaturated/α-hetero) is 1. The number of aldehydes is 1. The second-order valence-corrected chi connectivity index (χ2v) is 2.67. The van der Waals surface area contributed by atoms with Crippen molar-refractivity contribution < 1.29 is 14.5 Å². The summed E-state index contributed by atoms with van der Waals surface area (Å²) >= 11 is 0. The Hall–Kier alpha value is -2.04. The average Bonchev–Trinajstić information content (AvgIpc) is 2.16. The maximum Gasteiger partial charge on any atom is 0.290 e.